The third-order valence-electron chi connectivity index (χ3n) is 4.06. The third-order valence-corrected chi connectivity index (χ3v) is 4.72. The van der Waals surface area contributed by atoms with Crippen molar-refractivity contribution in [3.8, 4) is 0 Å². The van der Waals surface area contributed by atoms with Gasteiger partial charge in [0.05, 0.1) is 21.9 Å². The maximum atomic E-state index is 12.9. The summed E-state index contributed by atoms with van der Waals surface area (Å²) in [5, 5.41) is 8.43. The van der Waals surface area contributed by atoms with Gasteiger partial charge in [-0.1, -0.05) is 11.6 Å². The lowest BCUT2D eigenvalue weighted by molar-refractivity contribution is 0.0731. The molecule has 0 fully saturated rings. The van der Waals surface area contributed by atoms with Crippen molar-refractivity contribution in [3.63, 3.8) is 0 Å². The number of halogens is 2. The van der Waals surface area contributed by atoms with Crippen molar-refractivity contribution in [1.29, 1.82) is 0 Å². The van der Waals surface area contributed by atoms with Gasteiger partial charge in [-0.25, -0.2) is 9.52 Å². The summed E-state index contributed by atoms with van der Waals surface area (Å²) in [6.07, 6.45) is 4.16. The molecule has 3 aromatic heterocycles. The highest BCUT2D eigenvalue weighted by atomic mass is 79.9. The minimum atomic E-state index is -0.150. The molecule has 6 nitrogen and oxygen atoms in total. The Hall–Kier alpha value is -2.12. The normalized spacial score (nSPS) is 14.1. The van der Waals surface area contributed by atoms with E-state index in [-0.39, 0.29) is 5.91 Å². The second-order valence-corrected chi connectivity index (χ2v) is 6.92. The molecule has 0 spiro atoms. The Bertz CT molecular complexity index is 957. The number of anilines is 1. The number of hydrogen-bond acceptors (Lipinski definition) is 4. The van der Waals surface area contributed by atoms with Crippen LogP contribution in [-0.2, 0) is 6.42 Å². The summed E-state index contributed by atoms with van der Waals surface area (Å²) in [5.74, 6) is -0.150. The number of carbonyl (C=O) groups is 1. The number of nitrogens with zero attached hydrogens (tertiary/aromatic N) is 5. The SMILES string of the molecule is CN1c2cc(Br)cnc2CCN1C(=O)c1cc2ccc(Cl)cn2n1. The molecule has 0 bridgehead atoms. The summed E-state index contributed by atoms with van der Waals surface area (Å²) in [6.45, 7) is 0.561. The van der Waals surface area contributed by atoms with Crippen molar-refractivity contribution in [2.75, 3.05) is 18.6 Å². The van der Waals surface area contributed by atoms with Crippen molar-refractivity contribution >= 4 is 44.6 Å². The zero-order chi connectivity index (χ0) is 16.8. The molecule has 4 heterocycles. The molecule has 3 aromatic rings. The lowest BCUT2D eigenvalue weighted by Crippen LogP contribution is -2.48. The zero-order valence-electron chi connectivity index (χ0n) is 12.8. The molecule has 0 atom stereocenters. The smallest absolute Gasteiger partial charge is 0.284 e. The lowest BCUT2D eigenvalue weighted by atomic mass is 10.2. The highest BCUT2D eigenvalue weighted by molar-refractivity contribution is 9.10. The minimum absolute atomic E-state index is 0.150. The summed E-state index contributed by atoms with van der Waals surface area (Å²) in [7, 11) is 1.86. The van der Waals surface area contributed by atoms with E-state index in [2.05, 4.69) is 26.0 Å². The molecule has 1 aliphatic heterocycles. The zero-order valence-corrected chi connectivity index (χ0v) is 15.1. The van der Waals surface area contributed by atoms with Gasteiger partial charge in [-0.05, 0) is 40.2 Å². The first-order chi connectivity index (χ1) is 11.5. The van der Waals surface area contributed by atoms with E-state index in [4.69, 9.17) is 11.6 Å². The van der Waals surface area contributed by atoms with E-state index in [1.54, 1.807) is 34.1 Å². The molecule has 0 N–H and O–H groups in total. The van der Waals surface area contributed by atoms with E-state index in [1.165, 1.54) is 0 Å². The molecule has 8 heteroatoms. The highest BCUT2D eigenvalue weighted by Gasteiger charge is 2.28. The van der Waals surface area contributed by atoms with Crippen molar-refractivity contribution in [1.82, 2.24) is 19.6 Å². The Balaban J connectivity index is 1.68. The Morgan fingerprint density at radius 2 is 2.17 bits per heavy atom. The number of pyridine rings is 2. The summed E-state index contributed by atoms with van der Waals surface area (Å²) >= 11 is 9.40. The predicted octanol–water partition coefficient (Wildman–Crippen LogP) is 3.19. The standard InChI is InChI=1S/C16H13BrClN5O/c1-21-15-6-10(17)8-19-13(15)4-5-23(21)16(24)14-7-12-3-2-11(18)9-22(12)20-14/h2-3,6-9H,4-5H2,1H3. The number of hydrazine groups is 1. The quantitative estimate of drug-likeness (QED) is 0.623. The van der Waals surface area contributed by atoms with Gasteiger partial charge in [-0.15, -0.1) is 0 Å². The van der Waals surface area contributed by atoms with Crippen LogP contribution in [0.5, 0.6) is 0 Å². The van der Waals surface area contributed by atoms with Crippen LogP contribution in [0.4, 0.5) is 5.69 Å². The van der Waals surface area contributed by atoms with E-state index in [1.807, 2.05) is 24.2 Å². The topological polar surface area (TPSA) is 53.7 Å². The van der Waals surface area contributed by atoms with Crippen LogP contribution in [0.15, 0.2) is 41.1 Å². The Labute approximate surface area is 151 Å². The average molecular weight is 407 g/mol. The van der Waals surface area contributed by atoms with Gasteiger partial charge in [-0.2, -0.15) is 5.10 Å². The molecule has 1 aliphatic rings. The van der Waals surface area contributed by atoms with Gasteiger partial charge in [0.25, 0.3) is 5.91 Å². The Kier molecular flexibility index (Phi) is 3.69. The second kappa shape index (κ2) is 5.75. The van der Waals surface area contributed by atoms with Gasteiger partial charge in [0.15, 0.2) is 5.69 Å². The summed E-state index contributed by atoms with van der Waals surface area (Å²) in [5.41, 5.74) is 3.10. The average Bonchev–Trinajstić information content (AvgIpc) is 2.98. The second-order valence-electron chi connectivity index (χ2n) is 5.57. The Morgan fingerprint density at radius 1 is 1.33 bits per heavy atom. The molecule has 0 aliphatic carbocycles. The lowest BCUT2D eigenvalue weighted by Gasteiger charge is -2.37. The molecule has 0 saturated heterocycles. The third kappa shape index (κ3) is 2.53. The number of fused-ring (bicyclic) bond motifs is 2. The van der Waals surface area contributed by atoms with E-state index in [9.17, 15) is 4.79 Å². The van der Waals surface area contributed by atoms with Crippen LogP contribution in [-0.4, -0.2) is 39.1 Å². The van der Waals surface area contributed by atoms with Gasteiger partial charge in [0.2, 0.25) is 0 Å². The number of aromatic nitrogens is 3. The van der Waals surface area contributed by atoms with Gasteiger partial charge in [0, 0.05) is 36.9 Å². The number of amides is 1. The summed E-state index contributed by atoms with van der Waals surface area (Å²) in [4.78, 5) is 17.3. The predicted molar refractivity (Wildman–Crippen MR) is 95.3 cm³/mol. The van der Waals surface area contributed by atoms with Crippen LogP contribution < -0.4 is 5.01 Å². The highest BCUT2D eigenvalue weighted by Crippen LogP contribution is 2.28. The molecule has 0 radical (unpaired) electrons. The van der Waals surface area contributed by atoms with Crippen molar-refractivity contribution < 1.29 is 4.79 Å². The van der Waals surface area contributed by atoms with Crippen molar-refractivity contribution in [2.45, 2.75) is 6.42 Å². The largest absolute Gasteiger partial charge is 0.292 e. The number of rotatable bonds is 1. The maximum absolute atomic E-state index is 12.9. The van der Waals surface area contributed by atoms with Crippen LogP contribution in [0.3, 0.4) is 0 Å². The van der Waals surface area contributed by atoms with E-state index >= 15 is 0 Å². The van der Waals surface area contributed by atoms with E-state index in [0.29, 0.717) is 23.7 Å². The van der Waals surface area contributed by atoms with Crippen molar-refractivity contribution in [3.05, 3.63) is 57.5 Å². The maximum Gasteiger partial charge on any atom is 0.292 e. The van der Waals surface area contributed by atoms with Gasteiger partial charge in [-0.3, -0.25) is 14.8 Å². The first-order valence-electron chi connectivity index (χ1n) is 7.38. The monoisotopic (exact) mass is 405 g/mol. The molecular formula is C16H13BrClN5O. The van der Waals surface area contributed by atoms with Crippen LogP contribution >= 0.6 is 27.5 Å². The number of hydrogen-bond donors (Lipinski definition) is 0. The molecular weight excluding hydrogens is 394 g/mol. The first-order valence-corrected chi connectivity index (χ1v) is 8.55. The molecule has 0 unspecified atom stereocenters. The van der Waals surface area contributed by atoms with E-state index < -0.39 is 0 Å². The molecule has 122 valence electrons. The van der Waals surface area contributed by atoms with Crippen LogP contribution in [0, 0.1) is 0 Å². The molecule has 24 heavy (non-hydrogen) atoms. The van der Waals surface area contributed by atoms with Crippen LogP contribution in [0.1, 0.15) is 16.2 Å². The number of carbonyl (C=O) groups excluding carboxylic acids is 1. The molecule has 0 aromatic carbocycles. The van der Waals surface area contributed by atoms with Crippen LogP contribution in [0.25, 0.3) is 5.52 Å². The summed E-state index contributed by atoms with van der Waals surface area (Å²) in [6, 6.07) is 7.34. The van der Waals surface area contributed by atoms with Crippen molar-refractivity contribution in [2.24, 2.45) is 0 Å². The van der Waals surface area contributed by atoms with Gasteiger partial charge < -0.3 is 0 Å². The van der Waals surface area contributed by atoms with Gasteiger partial charge in [0.1, 0.15) is 0 Å². The summed E-state index contributed by atoms with van der Waals surface area (Å²) < 4.78 is 2.50. The fraction of sp³-hybridized carbons (Fsp3) is 0.188. The van der Waals surface area contributed by atoms with E-state index in [0.717, 1.165) is 21.4 Å². The minimum Gasteiger partial charge on any atom is -0.284 e. The van der Waals surface area contributed by atoms with Gasteiger partial charge >= 0.3 is 0 Å². The molecule has 4 rings (SSSR count). The fourth-order valence-corrected chi connectivity index (χ4v) is 3.33. The fourth-order valence-electron chi connectivity index (χ4n) is 2.86. The first kappa shape index (κ1) is 15.4. The molecule has 0 saturated carbocycles. The van der Waals surface area contributed by atoms with Crippen LogP contribution in [0.2, 0.25) is 5.02 Å². The molecule has 1 amide bonds. The Morgan fingerprint density at radius 3 is 3.00 bits per heavy atom.